The Kier molecular flexibility index (Phi) is 4.97. The molecule has 0 spiro atoms. The van der Waals surface area contributed by atoms with E-state index in [2.05, 4.69) is 133 Å². The minimum absolute atomic E-state index is 0.0553. The number of nitrogens with one attached hydrogen (secondary N) is 1. The van der Waals surface area contributed by atoms with Gasteiger partial charge in [-0.1, -0.05) is 86.7 Å². The van der Waals surface area contributed by atoms with Gasteiger partial charge in [-0.2, -0.15) is 0 Å². The van der Waals surface area contributed by atoms with Crippen LogP contribution < -0.4 is 4.90 Å². The maximum Gasteiger partial charge on any atom is 0.0730 e. The number of fused-ring (bicyclic) bond motifs is 8. The van der Waals surface area contributed by atoms with Gasteiger partial charge in [-0.25, -0.2) is 4.98 Å². The molecule has 3 aromatic carbocycles. The Morgan fingerprint density at radius 2 is 1.67 bits per heavy atom. The van der Waals surface area contributed by atoms with Crippen molar-refractivity contribution in [2.75, 3.05) is 4.90 Å². The molecule has 204 valence electrons. The van der Waals surface area contributed by atoms with Gasteiger partial charge in [0.1, 0.15) is 0 Å². The number of aromatic amines is 1. The van der Waals surface area contributed by atoms with Gasteiger partial charge in [-0.05, 0) is 83.9 Å². The Morgan fingerprint density at radius 1 is 0.905 bits per heavy atom. The van der Waals surface area contributed by atoms with E-state index >= 15 is 0 Å². The van der Waals surface area contributed by atoms with Crippen LogP contribution in [0, 0.1) is 5.92 Å². The molecular formula is C39H33N3. The molecule has 4 aliphatic rings. The first-order valence-corrected chi connectivity index (χ1v) is 15.3. The van der Waals surface area contributed by atoms with Crippen molar-refractivity contribution in [2.24, 2.45) is 5.92 Å². The highest BCUT2D eigenvalue weighted by atomic mass is 15.2. The number of rotatable bonds is 2. The lowest BCUT2D eigenvalue weighted by Gasteiger charge is -2.31. The lowest BCUT2D eigenvalue weighted by Crippen LogP contribution is -2.26. The molecule has 0 saturated heterocycles. The second kappa shape index (κ2) is 8.69. The molecule has 2 aromatic heterocycles. The van der Waals surface area contributed by atoms with E-state index in [0.29, 0.717) is 11.8 Å². The highest BCUT2D eigenvalue weighted by Crippen LogP contribution is 2.54. The predicted molar refractivity (Wildman–Crippen MR) is 175 cm³/mol. The Balaban J connectivity index is 1.20. The van der Waals surface area contributed by atoms with Gasteiger partial charge >= 0.3 is 0 Å². The largest absolute Gasteiger partial charge is 0.355 e. The third-order valence-electron chi connectivity index (χ3n) is 10.0. The van der Waals surface area contributed by atoms with Crippen LogP contribution in [0.1, 0.15) is 59.8 Å². The Morgan fingerprint density at radius 3 is 2.48 bits per heavy atom. The topological polar surface area (TPSA) is 31.9 Å². The first-order valence-electron chi connectivity index (χ1n) is 15.3. The van der Waals surface area contributed by atoms with Crippen LogP contribution in [0.5, 0.6) is 0 Å². The monoisotopic (exact) mass is 543 g/mol. The molecule has 1 N–H and O–H groups in total. The van der Waals surface area contributed by atoms with Crippen molar-refractivity contribution >= 4 is 45.3 Å². The third-order valence-corrected chi connectivity index (χ3v) is 10.0. The van der Waals surface area contributed by atoms with Crippen LogP contribution >= 0.6 is 0 Å². The van der Waals surface area contributed by atoms with E-state index in [-0.39, 0.29) is 5.41 Å². The van der Waals surface area contributed by atoms with Gasteiger partial charge in [-0.3, -0.25) is 0 Å². The second-order valence-corrected chi connectivity index (χ2v) is 12.8. The third kappa shape index (κ3) is 3.37. The van der Waals surface area contributed by atoms with Crippen molar-refractivity contribution in [3.8, 4) is 0 Å². The van der Waals surface area contributed by atoms with Crippen molar-refractivity contribution in [2.45, 2.75) is 44.4 Å². The van der Waals surface area contributed by atoms with Crippen molar-refractivity contribution in [1.82, 2.24) is 9.97 Å². The molecule has 0 bridgehead atoms. The average Bonchev–Trinajstić information content (AvgIpc) is 3.54. The molecule has 0 saturated carbocycles. The summed E-state index contributed by atoms with van der Waals surface area (Å²) < 4.78 is 0. The maximum absolute atomic E-state index is 5.03. The Bertz CT molecular complexity index is 2010. The van der Waals surface area contributed by atoms with Gasteiger partial charge in [0.25, 0.3) is 0 Å². The van der Waals surface area contributed by atoms with Crippen molar-refractivity contribution in [1.29, 1.82) is 0 Å². The van der Waals surface area contributed by atoms with Gasteiger partial charge in [0.2, 0.25) is 0 Å². The van der Waals surface area contributed by atoms with Crippen molar-refractivity contribution in [3.63, 3.8) is 0 Å². The van der Waals surface area contributed by atoms with Crippen molar-refractivity contribution < 1.29 is 0 Å². The number of anilines is 2. The van der Waals surface area contributed by atoms with Gasteiger partial charge in [0, 0.05) is 44.9 Å². The molecule has 3 unspecified atom stereocenters. The van der Waals surface area contributed by atoms with Crippen LogP contribution in [0.3, 0.4) is 0 Å². The van der Waals surface area contributed by atoms with E-state index in [9.17, 15) is 0 Å². The number of nitrogens with zero attached hydrogens (tertiary/aromatic N) is 2. The summed E-state index contributed by atoms with van der Waals surface area (Å²) in [4.78, 5) is 11.3. The summed E-state index contributed by atoms with van der Waals surface area (Å²) in [7, 11) is 0. The number of para-hydroxylation sites is 2. The van der Waals surface area contributed by atoms with Gasteiger partial charge in [0.15, 0.2) is 0 Å². The summed E-state index contributed by atoms with van der Waals surface area (Å²) in [5.74, 6) is 0.929. The molecule has 0 radical (unpaired) electrons. The number of allylic oxidation sites excluding steroid dienone is 6. The van der Waals surface area contributed by atoms with E-state index < -0.39 is 0 Å². The smallest absolute Gasteiger partial charge is 0.0730 e. The van der Waals surface area contributed by atoms with Gasteiger partial charge in [-0.15, -0.1) is 0 Å². The number of benzene rings is 3. The summed E-state index contributed by atoms with van der Waals surface area (Å²) in [6, 6.07) is 24.5. The molecule has 3 atom stereocenters. The lowest BCUT2D eigenvalue weighted by molar-refractivity contribution is 0.579. The molecule has 3 aliphatic carbocycles. The summed E-state index contributed by atoms with van der Waals surface area (Å²) in [5.41, 5.74) is 14.4. The van der Waals surface area contributed by atoms with Gasteiger partial charge in [0.05, 0.1) is 16.7 Å². The summed E-state index contributed by atoms with van der Waals surface area (Å²) in [6.45, 7) is 4.74. The standard InChI is InChI=1S/C39H33N3/c1-24-15-17-34-29(21-24)31-23-39(2,20-19-35(31)41-34)25-16-18-37-30(22-25)26-9-5-8-14-36(26)42(37)38-27-10-3-6-12-32(27)40-33-13-7-4-11-28(33)38/h3-8,10-20,22,24,26,41H,9,21,23H2,1-2H3. The van der Waals surface area contributed by atoms with Crippen LogP contribution in [-0.4, -0.2) is 9.97 Å². The fourth-order valence-corrected chi connectivity index (χ4v) is 7.86. The number of pyridine rings is 1. The molecule has 3 heteroatoms. The first-order chi connectivity index (χ1) is 20.6. The van der Waals surface area contributed by atoms with E-state index in [0.717, 1.165) is 30.3 Å². The minimum Gasteiger partial charge on any atom is -0.355 e. The Labute approximate surface area is 246 Å². The average molecular weight is 544 g/mol. The van der Waals surface area contributed by atoms with E-state index in [1.165, 1.54) is 61.5 Å². The van der Waals surface area contributed by atoms with Crippen molar-refractivity contribution in [3.05, 3.63) is 136 Å². The molecule has 0 amide bonds. The maximum atomic E-state index is 5.03. The molecule has 3 heterocycles. The summed E-state index contributed by atoms with van der Waals surface area (Å²) in [5, 5.41) is 2.38. The zero-order chi connectivity index (χ0) is 28.0. The normalized spacial score (nSPS) is 23.6. The second-order valence-electron chi connectivity index (χ2n) is 12.8. The highest BCUT2D eigenvalue weighted by Gasteiger charge is 2.39. The number of H-pyrrole nitrogens is 1. The number of hydrogen-bond acceptors (Lipinski definition) is 2. The summed E-state index contributed by atoms with van der Waals surface area (Å²) in [6.07, 6.45) is 19.4. The number of hydrogen-bond donors (Lipinski definition) is 1. The van der Waals surface area contributed by atoms with Gasteiger partial charge < -0.3 is 9.88 Å². The van der Waals surface area contributed by atoms with E-state index in [4.69, 9.17) is 4.98 Å². The molecule has 5 aromatic rings. The molecular weight excluding hydrogens is 510 g/mol. The van der Waals surface area contributed by atoms with E-state index in [1.54, 1.807) is 0 Å². The molecule has 0 fully saturated rings. The first kappa shape index (κ1) is 24.0. The Hall–Kier alpha value is -4.63. The molecule has 1 aliphatic heterocycles. The molecule has 9 rings (SSSR count). The fraction of sp³-hybridized carbons (Fsp3) is 0.205. The number of aromatic nitrogens is 2. The fourth-order valence-electron chi connectivity index (χ4n) is 7.86. The van der Waals surface area contributed by atoms with Crippen LogP contribution in [0.4, 0.5) is 11.4 Å². The van der Waals surface area contributed by atoms with Crippen LogP contribution in [0.15, 0.2) is 103 Å². The van der Waals surface area contributed by atoms with Crippen LogP contribution in [0.2, 0.25) is 0 Å². The SMILES string of the molecule is CC1C=Cc2[nH]c3c(c2C1)CC(C)(c1ccc2c(c1)C1CC=CC=C1N2c1c2ccccc2nc2ccccc12)C=C3. The molecule has 3 nitrogen and oxygen atoms in total. The van der Waals surface area contributed by atoms with Crippen LogP contribution in [-0.2, 0) is 18.3 Å². The van der Waals surface area contributed by atoms with E-state index in [1.807, 2.05) is 0 Å². The minimum atomic E-state index is -0.0553. The zero-order valence-corrected chi connectivity index (χ0v) is 24.1. The predicted octanol–water partition coefficient (Wildman–Crippen LogP) is 9.53. The summed E-state index contributed by atoms with van der Waals surface area (Å²) >= 11 is 0. The quantitative estimate of drug-likeness (QED) is 0.225. The van der Waals surface area contributed by atoms with Crippen LogP contribution in [0.25, 0.3) is 34.0 Å². The lowest BCUT2D eigenvalue weighted by atomic mass is 9.72. The molecule has 42 heavy (non-hydrogen) atoms. The highest BCUT2D eigenvalue weighted by molar-refractivity contribution is 6.11. The zero-order valence-electron chi connectivity index (χ0n) is 24.1.